The van der Waals surface area contributed by atoms with Crippen molar-refractivity contribution in [2.45, 2.75) is 60.0 Å². The summed E-state index contributed by atoms with van der Waals surface area (Å²) in [5.74, 6) is 1.20. The molecule has 0 spiro atoms. The molecule has 0 radical (unpaired) electrons. The standard InChI is InChI=1S/2C6H14O/c1-6(2)4-3-5-7;1-4-5(2)6(3)7/h6-7H,3-5H2,1-2H3;5-7H,4H2,1-3H3. The van der Waals surface area contributed by atoms with Crippen LogP contribution >= 0.6 is 0 Å². The van der Waals surface area contributed by atoms with Gasteiger partial charge in [-0.1, -0.05) is 34.1 Å². The van der Waals surface area contributed by atoms with Gasteiger partial charge in [0.25, 0.3) is 0 Å². The molecule has 14 heavy (non-hydrogen) atoms. The number of hydrogen-bond donors (Lipinski definition) is 2. The van der Waals surface area contributed by atoms with E-state index in [1.165, 1.54) is 0 Å². The summed E-state index contributed by atoms with van der Waals surface area (Å²) in [6.45, 7) is 10.6. The molecule has 0 aromatic heterocycles. The Hall–Kier alpha value is -0.0800. The highest BCUT2D eigenvalue weighted by Gasteiger charge is 2.03. The second kappa shape index (κ2) is 11.0. The van der Waals surface area contributed by atoms with E-state index in [9.17, 15) is 0 Å². The van der Waals surface area contributed by atoms with Crippen molar-refractivity contribution in [3.63, 3.8) is 0 Å². The van der Waals surface area contributed by atoms with Crippen molar-refractivity contribution in [1.29, 1.82) is 0 Å². The molecule has 0 aliphatic rings. The number of hydrogen-bond acceptors (Lipinski definition) is 2. The van der Waals surface area contributed by atoms with Gasteiger partial charge in [0, 0.05) is 6.61 Å². The molecule has 0 saturated heterocycles. The number of aliphatic hydroxyl groups excluding tert-OH is 2. The highest BCUT2D eigenvalue weighted by molar-refractivity contribution is 4.54. The van der Waals surface area contributed by atoms with Gasteiger partial charge in [-0.2, -0.15) is 0 Å². The van der Waals surface area contributed by atoms with E-state index in [4.69, 9.17) is 10.2 Å². The first-order valence-corrected chi connectivity index (χ1v) is 5.74. The van der Waals surface area contributed by atoms with Gasteiger partial charge in [0.15, 0.2) is 0 Å². The first kappa shape index (κ1) is 16.4. The van der Waals surface area contributed by atoms with Crippen LogP contribution in [-0.4, -0.2) is 22.9 Å². The molecule has 0 bridgehead atoms. The molecule has 0 fully saturated rings. The third-order valence-corrected chi connectivity index (χ3v) is 2.41. The van der Waals surface area contributed by atoms with Crippen molar-refractivity contribution in [1.82, 2.24) is 0 Å². The van der Waals surface area contributed by atoms with Gasteiger partial charge in [-0.05, 0) is 31.6 Å². The van der Waals surface area contributed by atoms with Gasteiger partial charge in [0.1, 0.15) is 0 Å². The summed E-state index contributed by atoms with van der Waals surface area (Å²) in [7, 11) is 0. The zero-order valence-corrected chi connectivity index (χ0v) is 10.5. The van der Waals surface area contributed by atoms with Crippen LogP contribution in [0.5, 0.6) is 0 Å². The lowest BCUT2D eigenvalue weighted by atomic mass is 10.0. The average Bonchev–Trinajstić information content (AvgIpc) is 2.14. The molecule has 2 N–H and O–H groups in total. The Labute approximate surface area is 89.3 Å². The van der Waals surface area contributed by atoms with Gasteiger partial charge in [-0.25, -0.2) is 0 Å². The summed E-state index contributed by atoms with van der Waals surface area (Å²) in [6, 6.07) is 0. The summed E-state index contributed by atoms with van der Waals surface area (Å²) in [5, 5.41) is 17.1. The predicted octanol–water partition coefficient (Wildman–Crippen LogP) is 2.83. The van der Waals surface area contributed by atoms with Crippen LogP contribution in [-0.2, 0) is 0 Å². The molecule has 0 aliphatic heterocycles. The first-order valence-electron chi connectivity index (χ1n) is 5.74. The molecule has 2 nitrogen and oxygen atoms in total. The minimum Gasteiger partial charge on any atom is -0.396 e. The maximum absolute atomic E-state index is 8.82. The van der Waals surface area contributed by atoms with Crippen LogP contribution in [0.1, 0.15) is 53.9 Å². The van der Waals surface area contributed by atoms with Crippen LogP contribution in [0.3, 0.4) is 0 Å². The molecular weight excluding hydrogens is 176 g/mol. The zero-order chi connectivity index (χ0) is 11.6. The topological polar surface area (TPSA) is 40.5 Å². The molecule has 2 unspecified atom stereocenters. The monoisotopic (exact) mass is 204 g/mol. The zero-order valence-electron chi connectivity index (χ0n) is 10.5. The van der Waals surface area contributed by atoms with Gasteiger partial charge in [-0.3, -0.25) is 0 Å². The van der Waals surface area contributed by atoms with E-state index in [0.29, 0.717) is 12.5 Å². The third-order valence-electron chi connectivity index (χ3n) is 2.41. The molecule has 0 aliphatic carbocycles. The fourth-order valence-corrected chi connectivity index (χ4v) is 0.841. The highest BCUT2D eigenvalue weighted by atomic mass is 16.3. The molecule has 0 rings (SSSR count). The lowest BCUT2D eigenvalue weighted by Crippen LogP contribution is -2.10. The predicted molar refractivity (Wildman–Crippen MR) is 62.3 cm³/mol. The second-order valence-corrected chi connectivity index (χ2v) is 4.39. The minimum atomic E-state index is -0.134. The lowest BCUT2D eigenvalue weighted by molar-refractivity contribution is 0.133. The van der Waals surface area contributed by atoms with Crippen molar-refractivity contribution < 1.29 is 10.2 Å². The first-order chi connectivity index (χ1) is 6.45. The highest BCUT2D eigenvalue weighted by Crippen LogP contribution is 2.04. The van der Waals surface area contributed by atoms with Crippen LogP contribution < -0.4 is 0 Å². The van der Waals surface area contributed by atoms with Crippen molar-refractivity contribution in [3.8, 4) is 0 Å². The van der Waals surface area contributed by atoms with E-state index in [2.05, 4.69) is 20.8 Å². The van der Waals surface area contributed by atoms with Crippen LogP contribution in [0.2, 0.25) is 0 Å². The quantitative estimate of drug-likeness (QED) is 0.723. The van der Waals surface area contributed by atoms with E-state index >= 15 is 0 Å². The molecule has 88 valence electrons. The Bertz CT molecular complexity index is 100. The van der Waals surface area contributed by atoms with E-state index in [1.807, 2.05) is 13.8 Å². The third kappa shape index (κ3) is 14.4. The van der Waals surface area contributed by atoms with Crippen LogP contribution in [0.25, 0.3) is 0 Å². The summed E-state index contributed by atoms with van der Waals surface area (Å²) in [6.07, 6.45) is 3.04. The Morgan fingerprint density at radius 1 is 1.07 bits per heavy atom. The van der Waals surface area contributed by atoms with Crippen LogP contribution in [0.15, 0.2) is 0 Å². The van der Waals surface area contributed by atoms with E-state index in [1.54, 1.807) is 0 Å². The fourth-order valence-electron chi connectivity index (χ4n) is 0.841. The maximum atomic E-state index is 8.82. The van der Waals surface area contributed by atoms with Gasteiger partial charge in [0.05, 0.1) is 6.10 Å². The Morgan fingerprint density at radius 2 is 1.57 bits per heavy atom. The largest absolute Gasteiger partial charge is 0.396 e. The molecule has 2 atom stereocenters. The van der Waals surface area contributed by atoms with Crippen LogP contribution in [0.4, 0.5) is 0 Å². The van der Waals surface area contributed by atoms with Gasteiger partial charge < -0.3 is 10.2 Å². The minimum absolute atomic E-state index is 0.134. The van der Waals surface area contributed by atoms with Crippen LogP contribution in [0, 0.1) is 11.8 Å². The lowest BCUT2D eigenvalue weighted by Gasteiger charge is -2.09. The average molecular weight is 204 g/mol. The van der Waals surface area contributed by atoms with Gasteiger partial charge in [0.2, 0.25) is 0 Å². The number of rotatable bonds is 5. The molecule has 0 heterocycles. The molecule has 2 heteroatoms. The van der Waals surface area contributed by atoms with E-state index in [-0.39, 0.29) is 6.10 Å². The molecule has 0 saturated carbocycles. The van der Waals surface area contributed by atoms with Crippen molar-refractivity contribution in [3.05, 3.63) is 0 Å². The maximum Gasteiger partial charge on any atom is 0.0537 e. The Balaban J connectivity index is 0. The normalized spacial score (nSPS) is 14.6. The van der Waals surface area contributed by atoms with Gasteiger partial charge >= 0.3 is 0 Å². The van der Waals surface area contributed by atoms with Crippen molar-refractivity contribution in [2.24, 2.45) is 11.8 Å². The molecular formula is C12H28O2. The molecule has 0 aromatic carbocycles. The summed E-state index contributed by atoms with van der Waals surface area (Å²) in [5.41, 5.74) is 0. The summed E-state index contributed by atoms with van der Waals surface area (Å²) >= 11 is 0. The van der Waals surface area contributed by atoms with E-state index < -0.39 is 0 Å². The smallest absolute Gasteiger partial charge is 0.0537 e. The summed E-state index contributed by atoms with van der Waals surface area (Å²) in [4.78, 5) is 0. The molecule has 0 aromatic rings. The molecule has 0 amide bonds. The van der Waals surface area contributed by atoms with Crippen molar-refractivity contribution >= 4 is 0 Å². The number of aliphatic hydroxyl groups is 2. The Kier molecular flexibility index (Phi) is 12.8. The Morgan fingerprint density at radius 3 is 1.64 bits per heavy atom. The van der Waals surface area contributed by atoms with Gasteiger partial charge in [-0.15, -0.1) is 0 Å². The fraction of sp³-hybridized carbons (Fsp3) is 1.00. The van der Waals surface area contributed by atoms with Crippen molar-refractivity contribution in [2.75, 3.05) is 6.61 Å². The second-order valence-electron chi connectivity index (χ2n) is 4.39. The summed E-state index contributed by atoms with van der Waals surface area (Å²) < 4.78 is 0. The SMILES string of the molecule is CC(C)CCCO.CCC(C)C(C)O. The van der Waals surface area contributed by atoms with E-state index in [0.717, 1.165) is 25.2 Å².